The van der Waals surface area contributed by atoms with Crippen LogP contribution in [0.15, 0.2) is 12.3 Å². The molecule has 1 aromatic heterocycles. The highest BCUT2D eigenvalue weighted by atomic mass is 35.5. The topological polar surface area (TPSA) is 39.2 Å². The summed E-state index contributed by atoms with van der Waals surface area (Å²) in [6, 6.07) is 1.26. The Labute approximate surface area is 101 Å². The molecule has 0 aliphatic carbocycles. The largest absolute Gasteiger partial charge is 0.466 e. The molecule has 7 heteroatoms. The molecular weight excluding hydrogens is 259 g/mol. The lowest BCUT2D eigenvalue weighted by molar-refractivity contribution is -0.143. The lowest BCUT2D eigenvalue weighted by atomic mass is 10.1. The predicted molar refractivity (Wildman–Crippen MR) is 54.6 cm³/mol. The van der Waals surface area contributed by atoms with E-state index in [1.165, 1.54) is 6.07 Å². The zero-order valence-corrected chi connectivity index (χ0v) is 9.60. The van der Waals surface area contributed by atoms with E-state index in [1.54, 1.807) is 6.92 Å². The normalized spacial score (nSPS) is 11.4. The number of hydrogen-bond acceptors (Lipinski definition) is 3. The standard InChI is InChI=1S/C10H9ClF3NO2/c1-2-17-7(16)5-6-3-4-15-9(8(6)11)10(12,13)14/h3-4H,2,5H2,1H3. The highest BCUT2D eigenvalue weighted by Crippen LogP contribution is 2.34. The van der Waals surface area contributed by atoms with Gasteiger partial charge in [-0.1, -0.05) is 11.6 Å². The van der Waals surface area contributed by atoms with Crippen LogP contribution in [0.1, 0.15) is 18.2 Å². The Morgan fingerprint density at radius 1 is 1.53 bits per heavy atom. The number of pyridine rings is 1. The van der Waals surface area contributed by atoms with E-state index >= 15 is 0 Å². The van der Waals surface area contributed by atoms with Crippen molar-refractivity contribution in [3.63, 3.8) is 0 Å². The second-order valence-corrected chi connectivity index (χ2v) is 3.49. The molecule has 0 saturated carbocycles. The molecular formula is C10H9ClF3NO2. The van der Waals surface area contributed by atoms with Crippen molar-refractivity contribution in [1.29, 1.82) is 0 Å². The van der Waals surface area contributed by atoms with Gasteiger partial charge < -0.3 is 4.74 Å². The number of nitrogens with zero attached hydrogens (tertiary/aromatic N) is 1. The third-order valence-electron chi connectivity index (χ3n) is 1.88. The molecule has 0 N–H and O–H groups in total. The van der Waals surface area contributed by atoms with Crippen molar-refractivity contribution in [3.8, 4) is 0 Å². The Bertz CT molecular complexity index is 421. The van der Waals surface area contributed by atoms with Crippen LogP contribution in [-0.2, 0) is 22.1 Å². The third kappa shape index (κ3) is 3.59. The van der Waals surface area contributed by atoms with Crippen LogP contribution in [-0.4, -0.2) is 17.6 Å². The fraction of sp³-hybridized carbons (Fsp3) is 0.400. The Balaban J connectivity index is 2.99. The van der Waals surface area contributed by atoms with Crippen molar-refractivity contribution in [2.75, 3.05) is 6.61 Å². The van der Waals surface area contributed by atoms with Gasteiger partial charge in [-0.25, -0.2) is 0 Å². The second kappa shape index (κ2) is 5.35. The SMILES string of the molecule is CCOC(=O)Cc1ccnc(C(F)(F)F)c1Cl. The van der Waals surface area contributed by atoms with Crippen LogP contribution >= 0.6 is 11.6 Å². The molecule has 1 rings (SSSR count). The smallest absolute Gasteiger partial charge is 0.434 e. The van der Waals surface area contributed by atoms with Gasteiger partial charge in [-0.05, 0) is 18.6 Å². The first-order chi connectivity index (χ1) is 7.86. The summed E-state index contributed by atoms with van der Waals surface area (Å²) in [4.78, 5) is 14.3. The van der Waals surface area contributed by atoms with E-state index in [-0.39, 0.29) is 18.6 Å². The Hall–Kier alpha value is -1.30. The quantitative estimate of drug-likeness (QED) is 0.791. The van der Waals surface area contributed by atoms with Gasteiger partial charge >= 0.3 is 12.1 Å². The van der Waals surface area contributed by atoms with Gasteiger partial charge in [0.1, 0.15) is 0 Å². The first-order valence-electron chi connectivity index (χ1n) is 4.72. The summed E-state index contributed by atoms with van der Waals surface area (Å²) in [5.74, 6) is -0.631. The van der Waals surface area contributed by atoms with Gasteiger partial charge in [0, 0.05) is 6.20 Å². The zero-order valence-electron chi connectivity index (χ0n) is 8.84. The molecule has 17 heavy (non-hydrogen) atoms. The van der Waals surface area contributed by atoms with E-state index in [0.29, 0.717) is 0 Å². The maximum Gasteiger partial charge on any atom is 0.434 e. The van der Waals surface area contributed by atoms with E-state index in [2.05, 4.69) is 9.72 Å². The first kappa shape index (κ1) is 13.8. The van der Waals surface area contributed by atoms with Crippen LogP contribution in [0.25, 0.3) is 0 Å². The number of aromatic nitrogens is 1. The third-order valence-corrected chi connectivity index (χ3v) is 2.30. The summed E-state index contributed by atoms with van der Waals surface area (Å²) < 4.78 is 42.0. The number of ether oxygens (including phenoxy) is 1. The summed E-state index contributed by atoms with van der Waals surface area (Å²) in [6.45, 7) is 1.76. The van der Waals surface area contributed by atoms with Gasteiger partial charge in [-0.15, -0.1) is 0 Å². The summed E-state index contributed by atoms with van der Waals surface area (Å²) >= 11 is 5.55. The summed E-state index contributed by atoms with van der Waals surface area (Å²) in [7, 11) is 0. The number of carbonyl (C=O) groups is 1. The fourth-order valence-electron chi connectivity index (χ4n) is 1.19. The van der Waals surface area contributed by atoms with Crippen LogP contribution in [0, 0.1) is 0 Å². The van der Waals surface area contributed by atoms with Crippen molar-refractivity contribution < 1.29 is 22.7 Å². The molecule has 94 valence electrons. The zero-order chi connectivity index (χ0) is 13.1. The highest BCUT2D eigenvalue weighted by molar-refractivity contribution is 6.32. The van der Waals surface area contributed by atoms with E-state index < -0.39 is 22.9 Å². The Kier molecular flexibility index (Phi) is 4.34. The lowest BCUT2D eigenvalue weighted by Crippen LogP contribution is -2.13. The molecule has 0 unspecified atom stereocenters. The lowest BCUT2D eigenvalue weighted by Gasteiger charge is -2.10. The van der Waals surface area contributed by atoms with Crippen molar-refractivity contribution in [2.24, 2.45) is 0 Å². The highest BCUT2D eigenvalue weighted by Gasteiger charge is 2.36. The maximum absolute atomic E-state index is 12.5. The number of rotatable bonds is 3. The van der Waals surface area contributed by atoms with Gasteiger partial charge in [-0.2, -0.15) is 13.2 Å². The number of halogens is 4. The minimum Gasteiger partial charge on any atom is -0.466 e. The Morgan fingerprint density at radius 2 is 2.18 bits per heavy atom. The Morgan fingerprint density at radius 3 is 2.71 bits per heavy atom. The minimum atomic E-state index is -4.64. The van der Waals surface area contributed by atoms with Gasteiger partial charge in [0.15, 0.2) is 5.69 Å². The molecule has 0 aliphatic rings. The first-order valence-corrected chi connectivity index (χ1v) is 5.10. The molecule has 0 fully saturated rings. The molecule has 0 amide bonds. The molecule has 0 saturated heterocycles. The van der Waals surface area contributed by atoms with Crippen molar-refractivity contribution >= 4 is 17.6 Å². The maximum atomic E-state index is 12.5. The summed E-state index contributed by atoms with van der Waals surface area (Å²) in [5.41, 5.74) is -1.14. The predicted octanol–water partition coefficient (Wildman–Crippen LogP) is 2.86. The van der Waals surface area contributed by atoms with Gasteiger partial charge in [-0.3, -0.25) is 9.78 Å². The molecule has 1 aromatic rings. The van der Waals surface area contributed by atoms with Gasteiger partial charge in [0.25, 0.3) is 0 Å². The van der Waals surface area contributed by atoms with Gasteiger partial charge in [0.2, 0.25) is 0 Å². The number of alkyl halides is 3. The number of carbonyl (C=O) groups excluding carboxylic acids is 1. The molecule has 0 aliphatic heterocycles. The van der Waals surface area contributed by atoms with E-state index in [0.717, 1.165) is 6.20 Å². The molecule has 0 radical (unpaired) electrons. The average Bonchev–Trinajstić information content (AvgIpc) is 2.19. The molecule has 1 heterocycles. The number of esters is 1. The van der Waals surface area contributed by atoms with Crippen molar-refractivity contribution in [3.05, 3.63) is 28.5 Å². The van der Waals surface area contributed by atoms with Crippen LogP contribution < -0.4 is 0 Å². The minimum absolute atomic E-state index is 0.0486. The van der Waals surface area contributed by atoms with Crippen LogP contribution in [0.4, 0.5) is 13.2 Å². The van der Waals surface area contributed by atoms with Crippen LogP contribution in [0.2, 0.25) is 5.02 Å². The van der Waals surface area contributed by atoms with Crippen molar-refractivity contribution in [1.82, 2.24) is 4.98 Å². The second-order valence-electron chi connectivity index (χ2n) is 3.11. The van der Waals surface area contributed by atoms with Crippen LogP contribution in [0.3, 0.4) is 0 Å². The van der Waals surface area contributed by atoms with E-state index in [1.807, 2.05) is 0 Å². The van der Waals surface area contributed by atoms with E-state index in [9.17, 15) is 18.0 Å². The fourth-order valence-corrected chi connectivity index (χ4v) is 1.47. The molecule has 0 atom stereocenters. The van der Waals surface area contributed by atoms with Crippen molar-refractivity contribution in [2.45, 2.75) is 19.5 Å². The summed E-state index contributed by atoms with van der Waals surface area (Å²) in [6.07, 6.45) is -3.98. The van der Waals surface area contributed by atoms with Crippen LogP contribution in [0.5, 0.6) is 0 Å². The number of hydrogen-bond donors (Lipinski definition) is 0. The molecule has 0 bridgehead atoms. The monoisotopic (exact) mass is 267 g/mol. The van der Waals surface area contributed by atoms with E-state index in [4.69, 9.17) is 11.6 Å². The molecule has 0 spiro atoms. The molecule has 0 aromatic carbocycles. The average molecular weight is 268 g/mol. The van der Waals surface area contributed by atoms with Gasteiger partial charge in [0.05, 0.1) is 18.1 Å². The molecule has 3 nitrogen and oxygen atoms in total. The summed E-state index contributed by atoms with van der Waals surface area (Å²) in [5, 5.41) is -0.562.